The van der Waals surface area contributed by atoms with E-state index in [2.05, 4.69) is 0 Å². The maximum Gasteiger partial charge on any atom is 0.265 e. The molecule has 1 aromatic rings. The molecule has 14 heavy (non-hydrogen) atoms. The van der Waals surface area contributed by atoms with Crippen molar-refractivity contribution in [3.8, 4) is 0 Å². The van der Waals surface area contributed by atoms with Crippen LogP contribution < -0.4 is 5.73 Å². The Balaban J connectivity index is 2.94. The maximum absolute atomic E-state index is 11.3. The van der Waals surface area contributed by atoms with Crippen molar-refractivity contribution in [3.63, 3.8) is 0 Å². The third-order valence-corrected chi connectivity index (χ3v) is 1.81. The number of carbonyl (C=O) groups excluding carboxylic acids is 1. The van der Waals surface area contributed by atoms with Crippen LogP contribution in [-0.2, 0) is 6.54 Å². The van der Waals surface area contributed by atoms with Crippen molar-refractivity contribution < 1.29 is 9.72 Å². The van der Waals surface area contributed by atoms with Crippen LogP contribution in [0.4, 0.5) is 0 Å². The third-order valence-electron chi connectivity index (χ3n) is 1.81. The van der Waals surface area contributed by atoms with E-state index in [1.165, 1.54) is 0 Å². The van der Waals surface area contributed by atoms with Gasteiger partial charge in [-0.05, 0) is 5.56 Å². The van der Waals surface area contributed by atoms with Crippen LogP contribution in [0.2, 0.25) is 0 Å². The number of carbonyl (C=O) groups is 1. The maximum atomic E-state index is 11.3. The van der Waals surface area contributed by atoms with E-state index < -0.39 is 17.3 Å². The smallest absolute Gasteiger partial charge is 0.265 e. The van der Waals surface area contributed by atoms with Gasteiger partial charge >= 0.3 is 0 Å². The second kappa shape index (κ2) is 4.48. The van der Waals surface area contributed by atoms with E-state index in [0.29, 0.717) is 11.1 Å². The molecular formula is C9H10N2O3. The molecule has 0 saturated heterocycles. The zero-order valence-corrected chi connectivity index (χ0v) is 7.47. The molecule has 2 N–H and O–H groups in total. The highest BCUT2D eigenvalue weighted by atomic mass is 16.6. The van der Waals surface area contributed by atoms with Gasteiger partial charge in [0.2, 0.25) is 5.78 Å². The van der Waals surface area contributed by atoms with Crippen molar-refractivity contribution in [1.82, 2.24) is 0 Å². The first-order valence-electron chi connectivity index (χ1n) is 4.08. The van der Waals surface area contributed by atoms with E-state index in [1.54, 1.807) is 24.3 Å². The van der Waals surface area contributed by atoms with Crippen molar-refractivity contribution in [1.29, 1.82) is 0 Å². The number of nitro groups is 1. The Morgan fingerprint density at radius 3 is 2.64 bits per heavy atom. The average molecular weight is 194 g/mol. The van der Waals surface area contributed by atoms with Crippen molar-refractivity contribution in [3.05, 3.63) is 45.5 Å². The van der Waals surface area contributed by atoms with Crippen molar-refractivity contribution in [2.75, 3.05) is 6.54 Å². The van der Waals surface area contributed by atoms with Crippen LogP contribution in [0.3, 0.4) is 0 Å². The van der Waals surface area contributed by atoms with Gasteiger partial charge in [0.05, 0.1) is 0 Å². The molecule has 5 nitrogen and oxygen atoms in total. The molecule has 0 aromatic heterocycles. The Bertz CT molecular complexity index is 363. The summed E-state index contributed by atoms with van der Waals surface area (Å²) in [7, 11) is 0. The largest absolute Gasteiger partial charge is 0.326 e. The fourth-order valence-electron chi connectivity index (χ4n) is 1.17. The summed E-state index contributed by atoms with van der Waals surface area (Å²) in [5.74, 6) is -0.504. The van der Waals surface area contributed by atoms with Gasteiger partial charge in [0.25, 0.3) is 6.54 Å². The minimum atomic E-state index is -0.684. The molecule has 1 aromatic carbocycles. The van der Waals surface area contributed by atoms with Crippen molar-refractivity contribution in [2.24, 2.45) is 5.73 Å². The van der Waals surface area contributed by atoms with Crippen molar-refractivity contribution >= 4 is 5.78 Å². The highest BCUT2D eigenvalue weighted by Crippen LogP contribution is 2.08. The summed E-state index contributed by atoms with van der Waals surface area (Å²) in [6.45, 7) is -0.476. The van der Waals surface area contributed by atoms with Crippen molar-refractivity contribution in [2.45, 2.75) is 6.54 Å². The van der Waals surface area contributed by atoms with E-state index in [1.807, 2.05) is 0 Å². The third kappa shape index (κ3) is 2.37. The number of hydrogen-bond donors (Lipinski definition) is 1. The van der Waals surface area contributed by atoms with Gasteiger partial charge in [-0.3, -0.25) is 14.9 Å². The molecule has 0 saturated carbocycles. The molecule has 0 spiro atoms. The molecule has 0 heterocycles. The number of ketones is 1. The second-order valence-corrected chi connectivity index (χ2v) is 2.78. The molecule has 0 fully saturated rings. The lowest BCUT2D eigenvalue weighted by Gasteiger charge is -2.02. The minimum absolute atomic E-state index is 0.208. The molecule has 5 heteroatoms. The zero-order valence-electron chi connectivity index (χ0n) is 7.47. The molecule has 0 aliphatic rings. The van der Waals surface area contributed by atoms with Gasteiger partial charge in [-0.1, -0.05) is 24.3 Å². The Morgan fingerprint density at radius 1 is 1.43 bits per heavy atom. The molecule has 0 aliphatic heterocycles. The monoisotopic (exact) mass is 194 g/mol. The SMILES string of the molecule is NCc1ccccc1C(=O)C[N+](=O)[O-]. The van der Waals surface area contributed by atoms with Gasteiger partial charge in [0, 0.05) is 17.0 Å². The van der Waals surface area contributed by atoms with Crippen LogP contribution in [-0.4, -0.2) is 17.3 Å². The predicted molar refractivity (Wildman–Crippen MR) is 50.5 cm³/mol. The van der Waals surface area contributed by atoms with Crippen LogP contribution >= 0.6 is 0 Å². The van der Waals surface area contributed by atoms with Gasteiger partial charge in [-0.15, -0.1) is 0 Å². The minimum Gasteiger partial charge on any atom is -0.326 e. The molecule has 0 atom stereocenters. The molecule has 0 unspecified atom stereocenters. The summed E-state index contributed by atoms with van der Waals surface area (Å²) < 4.78 is 0. The molecule has 0 aliphatic carbocycles. The zero-order chi connectivity index (χ0) is 10.6. The Hall–Kier alpha value is -1.75. The first-order valence-corrected chi connectivity index (χ1v) is 4.08. The number of hydrogen-bond acceptors (Lipinski definition) is 4. The lowest BCUT2D eigenvalue weighted by molar-refractivity contribution is -0.465. The van der Waals surface area contributed by atoms with Gasteiger partial charge in [-0.2, -0.15) is 0 Å². The van der Waals surface area contributed by atoms with Crippen LogP contribution in [0.1, 0.15) is 15.9 Å². The lowest BCUT2D eigenvalue weighted by Crippen LogP contribution is -2.16. The Morgan fingerprint density at radius 2 is 2.07 bits per heavy atom. The molecule has 0 radical (unpaired) electrons. The van der Waals surface area contributed by atoms with E-state index in [9.17, 15) is 14.9 Å². The van der Waals surface area contributed by atoms with Crippen LogP contribution in [0, 0.1) is 10.1 Å². The summed E-state index contributed by atoms with van der Waals surface area (Å²) in [6.07, 6.45) is 0. The Kier molecular flexibility index (Phi) is 3.30. The molecule has 0 amide bonds. The first kappa shape index (κ1) is 10.3. The number of benzene rings is 1. The molecular weight excluding hydrogens is 184 g/mol. The number of Topliss-reactive ketones (excluding diaryl/α,β-unsaturated/α-hetero) is 1. The van der Waals surface area contributed by atoms with Crippen LogP contribution in [0.5, 0.6) is 0 Å². The summed E-state index contributed by atoms with van der Waals surface area (Å²) >= 11 is 0. The topological polar surface area (TPSA) is 86.2 Å². The molecule has 0 bridgehead atoms. The quantitative estimate of drug-likeness (QED) is 0.432. The standard InChI is InChI=1S/C9H10N2O3/c10-5-7-3-1-2-4-8(7)9(12)6-11(13)14/h1-4H,5-6,10H2. The van der Waals surface area contributed by atoms with E-state index >= 15 is 0 Å². The van der Waals surface area contributed by atoms with E-state index in [4.69, 9.17) is 5.73 Å². The highest BCUT2D eigenvalue weighted by Gasteiger charge is 2.14. The van der Waals surface area contributed by atoms with Crippen LogP contribution in [0.15, 0.2) is 24.3 Å². The van der Waals surface area contributed by atoms with Crippen LogP contribution in [0.25, 0.3) is 0 Å². The summed E-state index contributed by atoms with van der Waals surface area (Å²) in [5, 5.41) is 10.1. The fourth-order valence-corrected chi connectivity index (χ4v) is 1.17. The predicted octanol–water partition coefficient (Wildman–Crippen LogP) is 0.605. The summed E-state index contributed by atoms with van der Waals surface area (Å²) in [4.78, 5) is 20.8. The van der Waals surface area contributed by atoms with E-state index in [0.717, 1.165) is 0 Å². The first-order chi connectivity index (χ1) is 6.65. The number of nitrogens with two attached hydrogens (primary N) is 1. The summed E-state index contributed by atoms with van der Waals surface area (Å²) in [6, 6.07) is 6.64. The van der Waals surface area contributed by atoms with E-state index in [-0.39, 0.29) is 6.54 Å². The molecule has 1 rings (SSSR count). The number of nitrogens with zero attached hydrogens (tertiary/aromatic N) is 1. The van der Waals surface area contributed by atoms with Gasteiger partial charge in [0.1, 0.15) is 0 Å². The molecule has 74 valence electrons. The average Bonchev–Trinajstić information content (AvgIpc) is 2.16. The number of rotatable bonds is 4. The normalized spacial score (nSPS) is 9.79. The van der Waals surface area contributed by atoms with Gasteiger partial charge < -0.3 is 5.73 Å². The summed E-state index contributed by atoms with van der Waals surface area (Å²) in [5.41, 5.74) is 6.37. The van der Waals surface area contributed by atoms with Gasteiger partial charge in [0.15, 0.2) is 0 Å². The lowest BCUT2D eigenvalue weighted by atomic mass is 10.0. The Labute approximate surface area is 80.7 Å². The second-order valence-electron chi connectivity index (χ2n) is 2.78. The van der Waals surface area contributed by atoms with Gasteiger partial charge in [-0.25, -0.2) is 0 Å². The highest BCUT2D eigenvalue weighted by molar-refractivity contribution is 5.98. The fraction of sp³-hybridized carbons (Fsp3) is 0.222.